The molecule has 1 saturated carbocycles. The zero-order valence-electron chi connectivity index (χ0n) is 22.3. The number of carbonyl (C=O) groups is 4. The van der Waals surface area contributed by atoms with Gasteiger partial charge in [0, 0.05) is 37.9 Å². The van der Waals surface area contributed by atoms with Crippen molar-refractivity contribution in [3.05, 3.63) is 47.5 Å². The number of nitrogens with one attached hydrogen (secondary N) is 2. The molecule has 1 aliphatic rings. The van der Waals surface area contributed by atoms with E-state index in [0.29, 0.717) is 17.8 Å². The molecule has 1 aromatic carbocycles. The maximum Gasteiger partial charge on any atom is 0.328 e. The fourth-order valence-electron chi connectivity index (χ4n) is 5.02. The molecule has 1 aromatic heterocycles. The summed E-state index contributed by atoms with van der Waals surface area (Å²) in [7, 11) is 1.22. The average molecular weight is 529 g/mol. The fraction of sp³-hybridized carbons (Fsp3) is 0.536. The smallest absolute Gasteiger partial charge is 0.328 e. The second-order valence-corrected chi connectivity index (χ2v) is 9.67. The molecule has 0 unspecified atom stereocenters. The van der Waals surface area contributed by atoms with Crippen molar-refractivity contribution in [1.29, 1.82) is 0 Å². The second-order valence-electron chi connectivity index (χ2n) is 9.67. The lowest BCUT2D eigenvalue weighted by molar-refractivity contribution is -0.145. The van der Waals surface area contributed by atoms with Gasteiger partial charge in [-0.1, -0.05) is 32.3 Å². The van der Waals surface area contributed by atoms with Gasteiger partial charge in [0.05, 0.1) is 12.8 Å². The normalized spacial score (nSPS) is 15.4. The molecule has 2 aromatic rings. The topological polar surface area (TPSA) is 119 Å². The highest BCUT2D eigenvalue weighted by Gasteiger charge is 2.33. The van der Waals surface area contributed by atoms with E-state index in [1.165, 1.54) is 19.2 Å². The van der Waals surface area contributed by atoms with Gasteiger partial charge < -0.3 is 15.4 Å². The van der Waals surface area contributed by atoms with Crippen molar-refractivity contribution in [1.82, 2.24) is 15.1 Å². The highest BCUT2D eigenvalue weighted by atomic mass is 19.1. The minimum absolute atomic E-state index is 0.00202. The number of methoxy groups -OCH3 is 1. The predicted molar refractivity (Wildman–Crippen MR) is 140 cm³/mol. The third kappa shape index (κ3) is 7.49. The van der Waals surface area contributed by atoms with Crippen LogP contribution in [0.2, 0.25) is 0 Å². The van der Waals surface area contributed by atoms with Crippen LogP contribution in [0.1, 0.15) is 74.8 Å². The highest BCUT2D eigenvalue weighted by molar-refractivity contribution is 6.00. The van der Waals surface area contributed by atoms with E-state index in [1.54, 1.807) is 29.9 Å². The summed E-state index contributed by atoms with van der Waals surface area (Å²) in [6.45, 7) is 4.10. The molecule has 38 heavy (non-hydrogen) atoms. The number of amides is 2. The SMILES string of the molecule is CCC(=O)N[C@H](Cc1ccc(NC(=O)[C@@H](CC(=O)c2ccnn2CC)C2CCCCC2)c(F)c1)C(=O)OC. The number of carbonyl (C=O) groups excluding carboxylic acids is 4. The summed E-state index contributed by atoms with van der Waals surface area (Å²) in [6, 6.07) is 4.96. The van der Waals surface area contributed by atoms with Gasteiger partial charge in [-0.05, 0) is 49.4 Å². The van der Waals surface area contributed by atoms with Crippen molar-refractivity contribution in [2.24, 2.45) is 11.8 Å². The highest BCUT2D eigenvalue weighted by Crippen LogP contribution is 2.34. The molecule has 206 valence electrons. The van der Waals surface area contributed by atoms with Crippen LogP contribution < -0.4 is 10.6 Å². The van der Waals surface area contributed by atoms with Gasteiger partial charge in [0.15, 0.2) is 5.78 Å². The maximum atomic E-state index is 15.1. The Bertz CT molecular complexity index is 1140. The number of anilines is 1. The zero-order chi connectivity index (χ0) is 27.7. The Morgan fingerprint density at radius 2 is 1.87 bits per heavy atom. The number of rotatable bonds is 12. The van der Waals surface area contributed by atoms with Gasteiger partial charge in [-0.15, -0.1) is 0 Å². The third-order valence-corrected chi connectivity index (χ3v) is 7.14. The number of nitrogens with zero attached hydrogens (tertiary/aromatic N) is 2. The first-order valence-electron chi connectivity index (χ1n) is 13.3. The summed E-state index contributed by atoms with van der Waals surface area (Å²) in [5.41, 5.74) is 0.920. The Labute approximate surface area is 222 Å². The largest absolute Gasteiger partial charge is 0.467 e. The van der Waals surface area contributed by atoms with E-state index in [2.05, 4.69) is 15.7 Å². The van der Waals surface area contributed by atoms with Gasteiger partial charge in [-0.25, -0.2) is 9.18 Å². The van der Waals surface area contributed by atoms with Crippen molar-refractivity contribution in [3.63, 3.8) is 0 Å². The van der Waals surface area contributed by atoms with Crippen LogP contribution in [0.15, 0.2) is 30.5 Å². The number of Topliss-reactive ketones (excluding diaryl/α,β-unsaturated/α-hetero) is 1. The van der Waals surface area contributed by atoms with E-state index in [-0.39, 0.29) is 48.5 Å². The number of aryl methyl sites for hydroxylation is 1. The van der Waals surface area contributed by atoms with Crippen molar-refractivity contribution in [3.8, 4) is 0 Å². The van der Waals surface area contributed by atoms with Gasteiger partial charge in [-0.3, -0.25) is 19.1 Å². The first-order valence-corrected chi connectivity index (χ1v) is 13.3. The lowest BCUT2D eigenvalue weighted by atomic mass is 9.77. The number of ether oxygens (including phenoxy) is 1. The first kappa shape index (κ1) is 29.0. The summed E-state index contributed by atoms with van der Waals surface area (Å²) >= 11 is 0. The molecule has 2 atom stereocenters. The zero-order valence-corrected chi connectivity index (χ0v) is 22.3. The van der Waals surface area contributed by atoms with Gasteiger partial charge >= 0.3 is 5.97 Å². The molecule has 0 bridgehead atoms. The quantitative estimate of drug-likeness (QED) is 0.317. The lowest BCUT2D eigenvalue weighted by Gasteiger charge is -2.29. The van der Waals surface area contributed by atoms with Crippen LogP contribution in [0.25, 0.3) is 0 Å². The van der Waals surface area contributed by atoms with Gasteiger partial charge in [0.1, 0.15) is 17.6 Å². The van der Waals surface area contributed by atoms with Gasteiger partial charge in [0.25, 0.3) is 0 Å². The molecule has 1 aliphatic carbocycles. The number of halogens is 1. The number of esters is 1. The standard InChI is InChI=1S/C28H37FN4O5/c1-4-26(35)31-23(28(37)38-3)16-18-11-12-22(21(29)15-18)32-27(36)20(19-9-7-6-8-10-19)17-25(34)24-13-14-30-33(24)5-2/h11-15,19-20,23H,4-10,16-17H2,1-3H3,(H,31,35)(H,32,36)/t20-,23+/m0/s1. The van der Waals surface area contributed by atoms with Gasteiger partial charge in [0.2, 0.25) is 11.8 Å². The molecule has 10 heteroatoms. The molecule has 0 saturated heterocycles. The van der Waals surface area contributed by atoms with Crippen LogP contribution in [-0.2, 0) is 32.1 Å². The fourth-order valence-corrected chi connectivity index (χ4v) is 5.02. The minimum Gasteiger partial charge on any atom is -0.467 e. The Balaban J connectivity index is 1.75. The molecule has 2 N–H and O–H groups in total. The second kappa shape index (κ2) is 13.8. The van der Waals surface area contributed by atoms with E-state index in [0.717, 1.165) is 32.1 Å². The molecule has 1 fully saturated rings. The summed E-state index contributed by atoms with van der Waals surface area (Å²) in [5.74, 6) is -2.72. The Morgan fingerprint density at radius 1 is 1.13 bits per heavy atom. The van der Waals surface area contributed by atoms with E-state index in [4.69, 9.17) is 4.74 Å². The van der Waals surface area contributed by atoms with Crippen molar-refractivity contribution >= 4 is 29.3 Å². The van der Waals surface area contributed by atoms with Gasteiger partial charge in [-0.2, -0.15) is 5.10 Å². The molecule has 0 aliphatic heterocycles. The summed E-state index contributed by atoms with van der Waals surface area (Å²) in [5, 5.41) is 9.43. The van der Waals surface area contributed by atoms with Crippen LogP contribution in [0.4, 0.5) is 10.1 Å². The van der Waals surface area contributed by atoms with Crippen LogP contribution in [-0.4, -0.2) is 46.5 Å². The monoisotopic (exact) mass is 528 g/mol. The van der Waals surface area contributed by atoms with E-state index in [1.807, 2.05) is 6.92 Å². The molecule has 3 rings (SSSR count). The number of hydrogen-bond donors (Lipinski definition) is 2. The van der Waals surface area contributed by atoms with Crippen molar-refractivity contribution in [2.45, 2.75) is 77.8 Å². The number of aromatic nitrogens is 2. The van der Waals surface area contributed by atoms with Crippen LogP contribution in [0.3, 0.4) is 0 Å². The molecule has 0 radical (unpaired) electrons. The number of hydrogen-bond acceptors (Lipinski definition) is 6. The number of ketones is 1. The molecule has 9 nitrogen and oxygen atoms in total. The summed E-state index contributed by atoms with van der Waals surface area (Å²) < 4.78 is 21.4. The first-order chi connectivity index (χ1) is 18.3. The van der Waals surface area contributed by atoms with Crippen LogP contribution >= 0.6 is 0 Å². The predicted octanol–water partition coefficient (Wildman–Crippen LogP) is 4.06. The Hall–Kier alpha value is -3.56. The van der Waals surface area contributed by atoms with E-state index >= 15 is 4.39 Å². The van der Waals surface area contributed by atoms with Crippen LogP contribution in [0, 0.1) is 17.7 Å². The summed E-state index contributed by atoms with van der Waals surface area (Å²) in [6.07, 6.45) is 6.61. The van der Waals surface area contributed by atoms with E-state index in [9.17, 15) is 19.2 Å². The molecule has 2 amide bonds. The number of benzene rings is 1. The Kier molecular flexibility index (Phi) is 10.6. The average Bonchev–Trinajstić information content (AvgIpc) is 3.41. The molecular weight excluding hydrogens is 491 g/mol. The van der Waals surface area contributed by atoms with Crippen molar-refractivity contribution < 1.29 is 28.3 Å². The van der Waals surface area contributed by atoms with Crippen molar-refractivity contribution in [2.75, 3.05) is 12.4 Å². The lowest BCUT2D eigenvalue weighted by Crippen LogP contribution is -2.42. The minimum atomic E-state index is -0.953. The third-order valence-electron chi connectivity index (χ3n) is 7.14. The molecule has 0 spiro atoms. The van der Waals surface area contributed by atoms with E-state index < -0.39 is 23.7 Å². The molecule has 1 heterocycles. The molecular formula is C28H37FN4O5. The summed E-state index contributed by atoms with van der Waals surface area (Å²) in [4.78, 5) is 50.4. The van der Waals surface area contributed by atoms with Crippen LogP contribution in [0.5, 0.6) is 0 Å². The maximum absolute atomic E-state index is 15.1. The Morgan fingerprint density at radius 3 is 2.50 bits per heavy atom.